The van der Waals surface area contributed by atoms with Crippen LogP contribution in [-0.2, 0) is 11.3 Å². The molecule has 140 valence electrons. The quantitative estimate of drug-likeness (QED) is 0.707. The number of pyridine rings is 1. The van der Waals surface area contributed by atoms with E-state index in [1.807, 2.05) is 44.2 Å². The molecule has 0 bridgehead atoms. The van der Waals surface area contributed by atoms with Gasteiger partial charge in [0.1, 0.15) is 5.82 Å². The summed E-state index contributed by atoms with van der Waals surface area (Å²) < 4.78 is 10.6. The highest BCUT2D eigenvalue weighted by atomic mass is 16.5. The monoisotopic (exact) mass is 357 g/mol. The molecular formula is C20H27N3O3. The lowest BCUT2D eigenvalue weighted by Gasteiger charge is -2.13. The first-order chi connectivity index (χ1) is 12.6. The average Bonchev–Trinajstić information content (AvgIpc) is 2.68. The van der Waals surface area contributed by atoms with Crippen LogP contribution >= 0.6 is 0 Å². The summed E-state index contributed by atoms with van der Waals surface area (Å²) in [6, 6.07) is 9.47. The van der Waals surface area contributed by atoms with Gasteiger partial charge in [-0.15, -0.1) is 0 Å². The maximum absolute atomic E-state index is 12.1. The van der Waals surface area contributed by atoms with E-state index >= 15 is 0 Å². The predicted molar refractivity (Wildman–Crippen MR) is 104 cm³/mol. The highest BCUT2D eigenvalue weighted by molar-refractivity contribution is 5.92. The number of hydrogen-bond acceptors (Lipinski definition) is 5. The molecule has 6 nitrogen and oxygen atoms in total. The summed E-state index contributed by atoms with van der Waals surface area (Å²) >= 11 is 0. The van der Waals surface area contributed by atoms with E-state index in [9.17, 15) is 4.79 Å². The van der Waals surface area contributed by atoms with Gasteiger partial charge < -0.3 is 20.1 Å². The minimum absolute atomic E-state index is 0.0397. The minimum atomic E-state index is 0.0397. The van der Waals surface area contributed by atoms with E-state index in [0.717, 1.165) is 24.2 Å². The zero-order valence-electron chi connectivity index (χ0n) is 15.8. The van der Waals surface area contributed by atoms with Crippen LogP contribution in [0.3, 0.4) is 0 Å². The molecule has 1 amide bonds. The Morgan fingerprint density at radius 2 is 1.81 bits per heavy atom. The molecule has 0 fully saturated rings. The number of methoxy groups -OCH3 is 2. The predicted octanol–water partition coefficient (Wildman–Crippen LogP) is 4.09. The summed E-state index contributed by atoms with van der Waals surface area (Å²) in [4.78, 5) is 16.5. The molecule has 1 aromatic heterocycles. The van der Waals surface area contributed by atoms with Crippen LogP contribution in [0, 0.1) is 5.92 Å². The molecule has 1 heterocycles. The highest BCUT2D eigenvalue weighted by Crippen LogP contribution is 2.27. The Kier molecular flexibility index (Phi) is 7.26. The molecule has 0 aliphatic carbocycles. The number of amides is 1. The van der Waals surface area contributed by atoms with Gasteiger partial charge in [0.25, 0.3) is 0 Å². The van der Waals surface area contributed by atoms with Gasteiger partial charge in [-0.2, -0.15) is 0 Å². The van der Waals surface area contributed by atoms with Crippen LogP contribution in [0.1, 0.15) is 32.3 Å². The molecule has 26 heavy (non-hydrogen) atoms. The molecule has 0 radical (unpaired) electrons. The topological polar surface area (TPSA) is 72.5 Å². The molecule has 0 unspecified atom stereocenters. The lowest BCUT2D eigenvalue weighted by molar-refractivity contribution is -0.120. The number of anilines is 2. The lowest BCUT2D eigenvalue weighted by Crippen LogP contribution is -2.21. The van der Waals surface area contributed by atoms with Gasteiger partial charge in [-0.25, -0.2) is 4.98 Å². The molecule has 6 heteroatoms. The van der Waals surface area contributed by atoms with Crippen LogP contribution in [0.2, 0.25) is 0 Å². The second-order valence-electron chi connectivity index (χ2n) is 5.98. The lowest BCUT2D eigenvalue weighted by atomic mass is 10.0. The molecule has 0 spiro atoms. The molecule has 0 saturated carbocycles. The first kappa shape index (κ1) is 19.6. The molecule has 0 aliphatic rings. The third kappa shape index (κ3) is 5.12. The van der Waals surface area contributed by atoms with Gasteiger partial charge in [0, 0.05) is 12.5 Å². The number of carbonyl (C=O) groups is 1. The maximum atomic E-state index is 12.1. The number of hydrogen-bond donors (Lipinski definition) is 2. The standard InChI is InChI=1S/C20H27N3O3/c1-5-15(6-2)20(24)23-16-8-10-19(22-13-16)21-12-14-7-9-17(25-3)18(11-14)26-4/h7-11,13,15H,5-6,12H2,1-4H3,(H,21,22)(H,23,24). The Balaban J connectivity index is 1.94. The van der Waals surface area contributed by atoms with Gasteiger partial charge in [-0.05, 0) is 42.7 Å². The van der Waals surface area contributed by atoms with Crippen molar-refractivity contribution in [3.05, 3.63) is 42.1 Å². The Bertz CT molecular complexity index is 713. The third-order valence-corrected chi connectivity index (χ3v) is 4.31. The second kappa shape index (κ2) is 9.65. The van der Waals surface area contributed by atoms with E-state index in [0.29, 0.717) is 23.7 Å². The summed E-state index contributed by atoms with van der Waals surface area (Å²) in [6.07, 6.45) is 3.33. The van der Waals surface area contributed by atoms with E-state index in [1.54, 1.807) is 20.4 Å². The third-order valence-electron chi connectivity index (χ3n) is 4.31. The van der Waals surface area contributed by atoms with Crippen LogP contribution in [0.5, 0.6) is 11.5 Å². The molecule has 2 rings (SSSR count). The Hall–Kier alpha value is -2.76. The van der Waals surface area contributed by atoms with E-state index in [1.165, 1.54) is 0 Å². The molecule has 2 N–H and O–H groups in total. The van der Waals surface area contributed by atoms with Crippen LogP contribution in [0.25, 0.3) is 0 Å². The van der Waals surface area contributed by atoms with E-state index in [-0.39, 0.29) is 11.8 Å². The summed E-state index contributed by atoms with van der Waals surface area (Å²) in [5.41, 5.74) is 1.76. The number of nitrogens with zero attached hydrogens (tertiary/aromatic N) is 1. The average molecular weight is 357 g/mol. The van der Waals surface area contributed by atoms with Gasteiger partial charge in [-0.1, -0.05) is 19.9 Å². The zero-order chi connectivity index (χ0) is 18.9. The smallest absolute Gasteiger partial charge is 0.227 e. The fourth-order valence-electron chi connectivity index (χ4n) is 2.66. The number of carbonyl (C=O) groups excluding carboxylic acids is 1. The largest absolute Gasteiger partial charge is 0.493 e. The fraction of sp³-hybridized carbons (Fsp3) is 0.400. The van der Waals surface area contributed by atoms with Crippen molar-refractivity contribution in [1.29, 1.82) is 0 Å². The number of nitrogens with one attached hydrogen (secondary N) is 2. The summed E-state index contributed by atoms with van der Waals surface area (Å²) in [7, 11) is 3.23. The van der Waals surface area contributed by atoms with Crippen LogP contribution in [-0.4, -0.2) is 25.1 Å². The number of benzene rings is 1. The van der Waals surface area contributed by atoms with E-state index < -0.39 is 0 Å². The van der Waals surface area contributed by atoms with E-state index in [4.69, 9.17) is 9.47 Å². The van der Waals surface area contributed by atoms with Crippen LogP contribution in [0.4, 0.5) is 11.5 Å². The molecule has 1 aromatic carbocycles. The number of aromatic nitrogens is 1. The first-order valence-electron chi connectivity index (χ1n) is 8.82. The van der Waals surface area contributed by atoms with Gasteiger partial charge in [-0.3, -0.25) is 4.79 Å². The van der Waals surface area contributed by atoms with Gasteiger partial charge in [0.05, 0.1) is 26.1 Å². The fourth-order valence-corrected chi connectivity index (χ4v) is 2.66. The summed E-state index contributed by atoms with van der Waals surface area (Å²) in [6.45, 7) is 4.65. The minimum Gasteiger partial charge on any atom is -0.493 e. The van der Waals surface area contributed by atoms with Gasteiger partial charge >= 0.3 is 0 Å². The van der Waals surface area contributed by atoms with Crippen molar-refractivity contribution in [1.82, 2.24) is 4.98 Å². The van der Waals surface area contributed by atoms with Crippen molar-refractivity contribution >= 4 is 17.4 Å². The zero-order valence-corrected chi connectivity index (χ0v) is 15.8. The number of rotatable bonds is 9. The maximum Gasteiger partial charge on any atom is 0.227 e. The molecule has 0 saturated heterocycles. The van der Waals surface area contributed by atoms with Crippen molar-refractivity contribution in [2.75, 3.05) is 24.9 Å². The van der Waals surface area contributed by atoms with Gasteiger partial charge in [0.2, 0.25) is 5.91 Å². The van der Waals surface area contributed by atoms with Crippen molar-refractivity contribution in [3.8, 4) is 11.5 Å². The summed E-state index contributed by atoms with van der Waals surface area (Å²) in [5.74, 6) is 2.21. The molecule has 0 atom stereocenters. The van der Waals surface area contributed by atoms with Crippen molar-refractivity contribution in [2.45, 2.75) is 33.2 Å². The van der Waals surface area contributed by atoms with Crippen molar-refractivity contribution in [3.63, 3.8) is 0 Å². The van der Waals surface area contributed by atoms with Crippen LogP contribution in [0.15, 0.2) is 36.5 Å². The summed E-state index contributed by atoms with van der Waals surface area (Å²) in [5, 5.41) is 6.17. The van der Waals surface area contributed by atoms with Crippen molar-refractivity contribution in [2.24, 2.45) is 5.92 Å². The molecule has 2 aromatic rings. The Labute approximate surface area is 154 Å². The molecular weight excluding hydrogens is 330 g/mol. The SMILES string of the molecule is CCC(CC)C(=O)Nc1ccc(NCc2ccc(OC)c(OC)c2)nc1. The Morgan fingerprint density at radius 3 is 2.38 bits per heavy atom. The molecule has 0 aliphatic heterocycles. The normalized spacial score (nSPS) is 10.5. The van der Waals surface area contributed by atoms with E-state index in [2.05, 4.69) is 15.6 Å². The first-order valence-corrected chi connectivity index (χ1v) is 8.82. The van der Waals surface area contributed by atoms with Crippen molar-refractivity contribution < 1.29 is 14.3 Å². The van der Waals surface area contributed by atoms with Crippen LogP contribution < -0.4 is 20.1 Å². The van der Waals surface area contributed by atoms with Gasteiger partial charge in [0.15, 0.2) is 11.5 Å². The number of ether oxygens (including phenoxy) is 2. The second-order valence-corrected chi connectivity index (χ2v) is 5.98. The highest BCUT2D eigenvalue weighted by Gasteiger charge is 2.14. The Morgan fingerprint density at radius 1 is 1.08 bits per heavy atom.